The number of nitrogens with zero attached hydrogens (tertiary/aromatic N) is 5. The van der Waals surface area contributed by atoms with E-state index >= 15 is 0 Å². The Bertz CT molecular complexity index is 2560. The molecule has 4 aromatic rings. The van der Waals surface area contributed by atoms with Crippen molar-refractivity contribution in [2.24, 2.45) is 5.41 Å². The maximum absolute atomic E-state index is 14.7. The van der Waals surface area contributed by atoms with Crippen LogP contribution in [-0.4, -0.2) is 142 Å². The SMILES string of the molecule is CCn1c(-c2cccnc2[C@H](C)OC)c2c3cc(ccc31)-c1cccc(c1)C[C@H](NC(=O)CCOC1CN(C(=O)C#CC(C)(C)N(C)C)C1)C(=O)N1CCC[C@@](C(=O)[SiH3])(COCC(C)(C)C2)N1. The summed E-state index contributed by atoms with van der Waals surface area (Å²) in [4.78, 5) is 63.1. The molecular formula is C52H69N7O7Si. The molecule has 0 spiro atoms. The Kier molecular flexibility index (Phi) is 15.3. The van der Waals surface area contributed by atoms with Crippen LogP contribution in [0, 0.1) is 17.3 Å². The minimum absolute atomic E-state index is 0.0144. The van der Waals surface area contributed by atoms with Gasteiger partial charge in [0.05, 0.1) is 59.2 Å². The molecule has 2 aromatic heterocycles. The van der Waals surface area contributed by atoms with Gasteiger partial charge in [0.2, 0.25) is 5.91 Å². The molecule has 2 N–H and O–H groups in total. The van der Waals surface area contributed by atoms with Crippen LogP contribution >= 0.6 is 0 Å². The highest BCUT2D eigenvalue weighted by Crippen LogP contribution is 2.42. The van der Waals surface area contributed by atoms with Gasteiger partial charge in [-0.2, -0.15) is 0 Å². The molecule has 7 rings (SSSR count). The van der Waals surface area contributed by atoms with E-state index in [9.17, 15) is 19.2 Å². The summed E-state index contributed by atoms with van der Waals surface area (Å²) in [5.74, 6) is 4.88. The van der Waals surface area contributed by atoms with Gasteiger partial charge in [-0.25, -0.2) is 5.43 Å². The molecule has 3 aliphatic heterocycles. The molecule has 5 heterocycles. The molecule has 2 aromatic carbocycles. The second kappa shape index (κ2) is 20.6. The predicted octanol–water partition coefficient (Wildman–Crippen LogP) is 4.44. The number of amides is 3. The second-order valence-corrected chi connectivity index (χ2v) is 20.9. The van der Waals surface area contributed by atoms with Crippen LogP contribution in [0.4, 0.5) is 0 Å². The molecule has 0 unspecified atom stereocenters. The third-order valence-corrected chi connectivity index (χ3v) is 14.8. The predicted molar refractivity (Wildman–Crippen MR) is 264 cm³/mol. The first-order valence-electron chi connectivity index (χ1n) is 23.7. The average molecular weight is 932 g/mol. The lowest BCUT2D eigenvalue weighted by molar-refractivity contribution is -0.148. The summed E-state index contributed by atoms with van der Waals surface area (Å²) in [5.41, 5.74) is 9.65. The summed E-state index contributed by atoms with van der Waals surface area (Å²) in [5, 5.41) is 5.71. The van der Waals surface area contributed by atoms with Crippen LogP contribution in [0.25, 0.3) is 33.3 Å². The number of hydrogen-bond acceptors (Lipinski definition) is 10. The van der Waals surface area contributed by atoms with Gasteiger partial charge < -0.3 is 33.8 Å². The third kappa shape index (κ3) is 11.1. The van der Waals surface area contributed by atoms with Crippen molar-refractivity contribution in [3.8, 4) is 34.2 Å². The minimum Gasteiger partial charge on any atom is -0.378 e. The molecule has 0 saturated carbocycles. The van der Waals surface area contributed by atoms with Crippen molar-refractivity contribution in [3.05, 3.63) is 77.6 Å². The fourth-order valence-electron chi connectivity index (χ4n) is 9.23. The number of aromatic nitrogens is 2. The van der Waals surface area contributed by atoms with Gasteiger partial charge in [-0.3, -0.25) is 29.3 Å². The van der Waals surface area contributed by atoms with Gasteiger partial charge in [-0.05, 0) is 119 Å². The maximum atomic E-state index is 14.7. The summed E-state index contributed by atoms with van der Waals surface area (Å²) >= 11 is 0. The fourth-order valence-corrected chi connectivity index (χ4v) is 9.74. The van der Waals surface area contributed by atoms with Gasteiger partial charge in [0.1, 0.15) is 17.0 Å². The Labute approximate surface area is 398 Å². The molecule has 2 saturated heterocycles. The smallest absolute Gasteiger partial charge is 0.298 e. The van der Waals surface area contributed by atoms with Crippen molar-refractivity contribution < 1.29 is 33.4 Å². The number of ether oxygens (including phenoxy) is 3. The number of benzene rings is 2. The fraction of sp³-hybridized carbons (Fsp3) is 0.519. The number of pyridine rings is 1. The Balaban J connectivity index is 1.19. The molecular weight excluding hydrogens is 863 g/mol. The molecule has 3 aliphatic rings. The summed E-state index contributed by atoms with van der Waals surface area (Å²) < 4.78 is 20.8. The number of carbonyl (C=O) groups is 4. The minimum atomic E-state index is -1.07. The van der Waals surface area contributed by atoms with Crippen LogP contribution in [0.5, 0.6) is 0 Å². The summed E-state index contributed by atoms with van der Waals surface area (Å²) in [7, 11) is 5.81. The zero-order valence-corrected chi connectivity index (χ0v) is 43.1. The van der Waals surface area contributed by atoms with E-state index in [2.05, 4.69) is 84.3 Å². The van der Waals surface area contributed by atoms with Crippen molar-refractivity contribution in [1.82, 2.24) is 35.1 Å². The van der Waals surface area contributed by atoms with Crippen molar-refractivity contribution in [2.45, 2.75) is 110 Å². The number of nitrogens with one attached hydrogen (secondary N) is 2. The van der Waals surface area contributed by atoms with Crippen LogP contribution in [0.2, 0.25) is 0 Å². The topological polar surface area (TPSA) is 148 Å². The lowest BCUT2D eigenvalue weighted by atomic mass is 9.84. The lowest BCUT2D eigenvalue weighted by Gasteiger charge is -2.43. The zero-order chi connectivity index (χ0) is 48.3. The number of carbonyl (C=O) groups excluding carboxylic acids is 4. The summed E-state index contributed by atoms with van der Waals surface area (Å²) in [6, 6.07) is 17.9. The van der Waals surface area contributed by atoms with E-state index in [1.807, 2.05) is 64.2 Å². The molecule has 2 fully saturated rings. The zero-order valence-electron chi connectivity index (χ0n) is 41.1. The number of methoxy groups -OCH3 is 1. The lowest BCUT2D eigenvalue weighted by Crippen LogP contribution is -2.68. The largest absolute Gasteiger partial charge is 0.378 e. The quantitative estimate of drug-likeness (QED) is 0.164. The Morgan fingerprint density at radius 2 is 1.85 bits per heavy atom. The molecule has 67 heavy (non-hydrogen) atoms. The number of fused-ring (bicyclic) bond motifs is 6. The molecule has 0 aliphatic carbocycles. The summed E-state index contributed by atoms with van der Waals surface area (Å²) in [6.07, 6.45) is 3.43. The van der Waals surface area contributed by atoms with Gasteiger partial charge in [0.25, 0.3) is 11.8 Å². The van der Waals surface area contributed by atoms with Crippen molar-refractivity contribution in [3.63, 3.8) is 0 Å². The van der Waals surface area contributed by atoms with E-state index in [-0.39, 0.29) is 77.0 Å². The number of aryl methyl sites for hydroxylation is 1. The van der Waals surface area contributed by atoms with Crippen molar-refractivity contribution in [2.75, 3.05) is 60.7 Å². The first kappa shape index (κ1) is 49.7. The summed E-state index contributed by atoms with van der Waals surface area (Å²) in [6.45, 7) is 15.0. The van der Waals surface area contributed by atoms with Crippen LogP contribution < -0.4 is 10.7 Å². The van der Waals surface area contributed by atoms with Gasteiger partial charge in [-0.15, -0.1) is 0 Å². The van der Waals surface area contributed by atoms with Crippen LogP contribution in [0.15, 0.2) is 60.8 Å². The second-order valence-electron chi connectivity index (χ2n) is 20.0. The van der Waals surface area contributed by atoms with Crippen molar-refractivity contribution >= 4 is 44.3 Å². The highest BCUT2D eigenvalue weighted by atomic mass is 28.1. The molecule has 0 radical (unpaired) electrons. The first-order chi connectivity index (χ1) is 31.8. The van der Waals surface area contributed by atoms with E-state index < -0.39 is 17.1 Å². The van der Waals surface area contributed by atoms with Gasteiger partial charge >= 0.3 is 0 Å². The van der Waals surface area contributed by atoms with Gasteiger partial charge in [0, 0.05) is 68.8 Å². The number of likely N-dealkylation sites (tertiary alicyclic amines) is 1. The van der Waals surface area contributed by atoms with Crippen LogP contribution in [0.1, 0.15) is 83.7 Å². The molecule has 6 bridgehead atoms. The average Bonchev–Trinajstić information content (AvgIpc) is 3.59. The van der Waals surface area contributed by atoms with E-state index in [0.717, 1.165) is 51.1 Å². The Hall–Kier alpha value is -5.21. The third-order valence-electron chi connectivity index (χ3n) is 13.8. The highest BCUT2D eigenvalue weighted by Gasteiger charge is 2.43. The molecule has 3 amide bonds. The van der Waals surface area contributed by atoms with E-state index in [0.29, 0.717) is 45.5 Å². The van der Waals surface area contributed by atoms with Gasteiger partial charge in [-0.1, -0.05) is 50.1 Å². The van der Waals surface area contributed by atoms with E-state index in [1.54, 1.807) is 12.0 Å². The number of rotatable bonds is 11. The van der Waals surface area contributed by atoms with Crippen LogP contribution in [0.3, 0.4) is 0 Å². The van der Waals surface area contributed by atoms with Crippen LogP contribution in [-0.2, 0) is 52.8 Å². The molecule has 358 valence electrons. The molecule has 3 atom stereocenters. The standard InChI is InChI=1S/C52H69N7O7Si/c1-10-58-43-18-17-37-28-40(43)41(47(58)39-16-12-23-53-46(39)34(2)64-9)29-50(3,4)32-65-33-52(49(63)67)21-13-24-59(55-52)48(62)42(27-35-14-11-15-36(37)26-35)54-44(60)20-25-66-38-30-57(31-38)45(61)19-22-51(5,6)56(7)8/h11-12,14-18,23,26,28,34,38,42,55H,10,13,20-21,24-25,27,29-33H2,1-9,67H3,(H,54,60)/t34-,42-,52-/m0/s1. The molecule has 15 heteroatoms. The molecule has 14 nitrogen and oxygen atoms in total. The Morgan fingerprint density at radius 3 is 2.57 bits per heavy atom. The maximum Gasteiger partial charge on any atom is 0.298 e. The van der Waals surface area contributed by atoms with E-state index in [1.165, 1.54) is 10.6 Å². The number of hydrogen-bond donors (Lipinski definition) is 2. The monoisotopic (exact) mass is 932 g/mol. The first-order valence-corrected chi connectivity index (χ1v) is 24.7. The highest BCUT2D eigenvalue weighted by molar-refractivity contribution is 6.60. The van der Waals surface area contributed by atoms with E-state index in [4.69, 9.17) is 19.2 Å². The number of hydrazine groups is 1. The van der Waals surface area contributed by atoms with Crippen molar-refractivity contribution in [1.29, 1.82) is 0 Å². The Morgan fingerprint density at radius 1 is 1.09 bits per heavy atom. The normalized spacial score (nSPS) is 20.7. The van der Waals surface area contributed by atoms with Gasteiger partial charge in [0.15, 0.2) is 0 Å².